The number of aromatic nitrogens is 1. The van der Waals surface area contributed by atoms with Gasteiger partial charge in [-0.3, -0.25) is 15.3 Å². The second kappa shape index (κ2) is 10.3. The van der Waals surface area contributed by atoms with Gasteiger partial charge < -0.3 is 9.47 Å². The molecule has 1 aromatic heterocycles. The van der Waals surface area contributed by atoms with Gasteiger partial charge in [0.1, 0.15) is 16.5 Å². The Kier molecular flexibility index (Phi) is 7.56. The maximum absolute atomic E-state index is 8.61. The van der Waals surface area contributed by atoms with Crippen molar-refractivity contribution in [2.45, 2.75) is 13.3 Å². The minimum Gasteiger partial charge on any atom is -0.497 e. The SMILES string of the molecule is COc1cc(/C=C/c2ccc(-c3nc(C)c(CCON(O)O)s3)cc2)cc(OC)c1. The molecule has 0 aliphatic rings. The van der Waals surface area contributed by atoms with E-state index in [1.54, 1.807) is 25.6 Å². The molecule has 0 amide bonds. The molecule has 1 heterocycles. The highest BCUT2D eigenvalue weighted by atomic mass is 32.1. The lowest BCUT2D eigenvalue weighted by atomic mass is 10.1. The van der Waals surface area contributed by atoms with Crippen LogP contribution in [0, 0.1) is 6.92 Å². The Morgan fingerprint density at radius 3 is 2.20 bits per heavy atom. The molecule has 0 radical (unpaired) electrons. The molecule has 0 unspecified atom stereocenters. The molecule has 3 aromatic rings. The number of aryl methyl sites for hydroxylation is 1. The average molecular weight is 429 g/mol. The highest BCUT2D eigenvalue weighted by Gasteiger charge is 2.10. The Labute approximate surface area is 179 Å². The van der Waals surface area contributed by atoms with E-state index in [0.717, 1.165) is 43.8 Å². The number of benzene rings is 2. The molecule has 2 N–H and O–H groups in total. The highest BCUT2D eigenvalue weighted by Crippen LogP contribution is 2.29. The Morgan fingerprint density at radius 2 is 1.60 bits per heavy atom. The van der Waals surface area contributed by atoms with Gasteiger partial charge in [-0.15, -0.1) is 11.3 Å². The van der Waals surface area contributed by atoms with Gasteiger partial charge in [0.15, 0.2) is 0 Å². The molecule has 7 nitrogen and oxygen atoms in total. The summed E-state index contributed by atoms with van der Waals surface area (Å²) in [4.78, 5) is 10.3. The predicted molar refractivity (Wildman–Crippen MR) is 116 cm³/mol. The van der Waals surface area contributed by atoms with Crippen molar-refractivity contribution in [1.29, 1.82) is 0 Å². The monoisotopic (exact) mass is 428 g/mol. The predicted octanol–water partition coefficient (Wildman–Crippen LogP) is 4.86. The van der Waals surface area contributed by atoms with E-state index in [9.17, 15) is 0 Å². The highest BCUT2D eigenvalue weighted by molar-refractivity contribution is 7.15. The van der Waals surface area contributed by atoms with Crippen LogP contribution in [0.1, 0.15) is 21.7 Å². The molecule has 30 heavy (non-hydrogen) atoms. The molecule has 0 saturated heterocycles. The van der Waals surface area contributed by atoms with Crippen LogP contribution in [0.4, 0.5) is 0 Å². The molecule has 0 atom stereocenters. The quantitative estimate of drug-likeness (QED) is 0.372. The van der Waals surface area contributed by atoms with Crippen molar-refractivity contribution in [3.05, 3.63) is 64.2 Å². The zero-order valence-corrected chi connectivity index (χ0v) is 17.8. The molecule has 8 heteroatoms. The number of hydrogen-bond donors (Lipinski definition) is 2. The summed E-state index contributed by atoms with van der Waals surface area (Å²) in [6.45, 7) is 2.10. The minimum absolute atomic E-state index is 0.161. The van der Waals surface area contributed by atoms with Crippen LogP contribution in [-0.4, -0.2) is 41.6 Å². The Hall–Kier alpha value is -2.75. The number of nitrogens with zero attached hydrogens (tertiary/aromatic N) is 2. The molecule has 158 valence electrons. The number of methoxy groups -OCH3 is 2. The smallest absolute Gasteiger partial charge is 0.123 e. The van der Waals surface area contributed by atoms with Crippen molar-refractivity contribution in [2.75, 3.05) is 20.8 Å². The summed E-state index contributed by atoms with van der Waals surface area (Å²) in [7, 11) is 3.27. The lowest BCUT2D eigenvalue weighted by Gasteiger charge is -2.05. The maximum Gasteiger partial charge on any atom is 0.123 e. The number of rotatable bonds is 9. The largest absolute Gasteiger partial charge is 0.497 e. The molecule has 0 aliphatic heterocycles. The third-order valence-corrected chi connectivity index (χ3v) is 5.69. The van der Waals surface area contributed by atoms with Gasteiger partial charge in [-0.2, -0.15) is 0 Å². The lowest BCUT2D eigenvalue weighted by molar-refractivity contribution is -0.492. The van der Waals surface area contributed by atoms with Gasteiger partial charge in [-0.25, -0.2) is 4.98 Å². The number of hydrogen-bond acceptors (Lipinski definition) is 8. The van der Waals surface area contributed by atoms with Crippen LogP contribution < -0.4 is 9.47 Å². The topological polar surface area (TPSA) is 84.3 Å². The third-order valence-electron chi connectivity index (χ3n) is 4.43. The van der Waals surface area contributed by atoms with Crippen LogP contribution in [0.15, 0.2) is 42.5 Å². The molecule has 0 fully saturated rings. The van der Waals surface area contributed by atoms with E-state index in [4.69, 9.17) is 19.9 Å². The van der Waals surface area contributed by atoms with E-state index >= 15 is 0 Å². The summed E-state index contributed by atoms with van der Waals surface area (Å²) in [6, 6.07) is 13.9. The molecule has 0 bridgehead atoms. The number of thiazole rings is 1. The molecule has 0 saturated carbocycles. The van der Waals surface area contributed by atoms with E-state index in [2.05, 4.69) is 9.82 Å². The van der Waals surface area contributed by atoms with Gasteiger partial charge in [0.25, 0.3) is 0 Å². The molecule has 0 spiro atoms. The first-order valence-electron chi connectivity index (χ1n) is 9.27. The van der Waals surface area contributed by atoms with Crippen molar-refractivity contribution >= 4 is 23.5 Å². The van der Waals surface area contributed by atoms with Gasteiger partial charge in [-0.05, 0) is 30.2 Å². The molecule has 2 aromatic carbocycles. The van der Waals surface area contributed by atoms with Gasteiger partial charge in [0, 0.05) is 22.9 Å². The van der Waals surface area contributed by atoms with E-state index in [-0.39, 0.29) is 12.0 Å². The summed E-state index contributed by atoms with van der Waals surface area (Å²) in [5.74, 6) is 1.49. The summed E-state index contributed by atoms with van der Waals surface area (Å²) in [5.41, 5.74) is 3.99. The van der Waals surface area contributed by atoms with Gasteiger partial charge >= 0.3 is 0 Å². The average Bonchev–Trinajstić information content (AvgIpc) is 3.12. The van der Waals surface area contributed by atoms with E-state index in [1.807, 2.05) is 61.5 Å². The third kappa shape index (κ3) is 5.88. The summed E-state index contributed by atoms with van der Waals surface area (Å²) >= 11 is 1.57. The maximum atomic E-state index is 8.61. The normalized spacial score (nSPS) is 11.4. The Bertz CT molecular complexity index is 977. The zero-order chi connectivity index (χ0) is 21.5. The molecular formula is C22H24N2O5S. The zero-order valence-electron chi connectivity index (χ0n) is 17.0. The number of ether oxygens (including phenoxy) is 2. The van der Waals surface area contributed by atoms with Crippen LogP contribution in [0.2, 0.25) is 0 Å². The second-order valence-corrected chi connectivity index (χ2v) is 7.55. The second-order valence-electron chi connectivity index (χ2n) is 6.46. The lowest BCUT2D eigenvalue weighted by Crippen LogP contribution is -2.16. The van der Waals surface area contributed by atoms with Crippen LogP contribution in [0.3, 0.4) is 0 Å². The fraction of sp³-hybridized carbons (Fsp3) is 0.227. The van der Waals surface area contributed by atoms with Crippen molar-refractivity contribution in [1.82, 2.24) is 10.4 Å². The molecule has 0 aliphatic carbocycles. The van der Waals surface area contributed by atoms with E-state index < -0.39 is 0 Å². The van der Waals surface area contributed by atoms with Gasteiger partial charge in [-0.1, -0.05) is 36.4 Å². The molecular weight excluding hydrogens is 404 g/mol. The van der Waals surface area contributed by atoms with Crippen molar-refractivity contribution < 1.29 is 24.7 Å². The summed E-state index contributed by atoms with van der Waals surface area (Å²) in [6.07, 6.45) is 4.59. The van der Waals surface area contributed by atoms with Crippen LogP contribution in [0.25, 0.3) is 22.7 Å². The standard InChI is InChI=1S/C22H24N2O5S/c1-15-21(10-11-29-24(25)26)30-22(23-15)18-8-6-16(7-9-18)4-5-17-12-19(27-2)14-20(13-17)28-3/h4-9,12-14,25-26H,10-11H2,1-3H3/b5-4+. The van der Waals surface area contributed by atoms with Crippen molar-refractivity contribution in [3.8, 4) is 22.1 Å². The van der Waals surface area contributed by atoms with Crippen LogP contribution >= 0.6 is 11.3 Å². The first kappa shape index (κ1) is 21.9. The fourth-order valence-corrected chi connectivity index (χ4v) is 3.91. The Balaban J connectivity index is 1.70. The first-order valence-corrected chi connectivity index (χ1v) is 10.1. The van der Waals surface area contributed by atoms with E-state index in [1.165, 1.54) is 0 Å². The summed E-state index contributed by atoms with van der Waals surface area (Å²) < 4.78 is 10.6. The van der Waals surface area contributed by atoms with Crippen LogP contribution in [0.5, 0.6) is 11.5 Å². The Morgan fingerprint density at radius 1 is 0.967 bits per heavy atom. The van der Waals surface area contributed by atoms with Crippen molar-refractivity contribution in [2.24, 2.45) is 0 Å². The van der Waals surface area contributed by atoms with Crippen molar-refractivity contribution in [3.63, 3.8) is 0 Å². The fourth-order valence-electron chi connectivity index (χ4n) is 2.86. The first-order chi connectivity index (χ1) is 14.5. The minimum atomic E-state index is -0.273. The van der Waals surface area contributed by atoms with Gasteiger partial charge in [0.05, 0.1) is 31.9 Å². The molecule has 3 rings (SSSR count). The van der Waals surface area contributed by atoms with Gasteiger partial charge in [0.2, 0.25) is 0 Å². The van der Waals surface area contributed by atoms with E-state index in [0.29, 0.717) is 6.42 Å². The van der Waals surface area contributed by atoms with Crippen LogP contribution in [-0.2, 0) is 11.3 Å². The summed E-state index contributed by atoms with van der Waals surface area (Å²) in [5, 5.41) is 17.9.